The first kappa shape index (κ1) is 10.4. The molecule has 0 radical (unpaired) electrons. The monoisotopic (exact) mass is 218 g/mol. The van der Waals surface area contributed by atoms with E-state index >= 15 is 0 Å². The van der Waals surface area contributed by atoms with E-state index in [4.69, 9.17) is 5.73 Å². The summed E-state index contributed by atoms with van der Waals surface area (Å²) in [6.07, 6.45) is 1.60. The molecule has 0 saturated heterocycles. The lowest BCUT2D eigenvalue weighted by molar-refractivity contribution is 0.628. The number of aromatic nitrogens is 2. The normalized spacial score (nSPS) is 10.1. The zero-order valence-electron chi connectivity index (χ0n) is 8.52. The number of nitrogens with one attached hydrogen (secondary N) is 1. The first-order valence-corrected chi connectivity index (χ1v) is 4.81. The van der Waals surface area contributed by atoms with Gasteiger partial charge in [-0.1, -0.05) is 0 Å². The Labute approximate surface area is 92.3 Å². The quantitative estimate of drug-likeness (QED) is 0.771. The van der Waals surface area contributed by atoms with Crippen LogP contribution in [0.2, 0.25) is 0 Å². The smallest absolute Gasteiger partial charge is 0.125 e. The van der Waals surface area contributed by atoms with E-state index in [-0.39, 0.29) is 5.82 Å². The SMILES string of the molecule is Nc1ccc(F)cc1NCc1cccnn1. The molecule has 0 bridgehead atoms. The van der Waals surface area contributed by atoms with Gasteiger partial charge in [0.1, 0.15) is 5.82 Å². The molecule has 1 aromatic carbocycles. The molecule has 0 unspecified atom stereocenters. The van der Waals surface area contributed by atoms with Crippen LogP contribution in [0.15, 0.2) is 36.5 Å². The van der Waals surface area contributed by atoms with E-state index in [1.54, 1.807) is 12.3 Å². The maximum atomic E-state index is 12.9. The first-order valence-electron chi connectivity index (χ1n) is 4.81. The highest BCUT2D eigenvalue weighted by Gasteiger charge is 2.01. The van der Waals surface area contributed by atoms with Crippen LogP contribution in [0, 0.1) is 5.82 Å². The van der Waals surface area contributed by atoms with Gasteiger partial charge in [-0.15, -0.1) is 0 Å². The van der Waals surface area contributed by atoms with Gasteiger partial charge in [0.2, 0.25) is 0 Å². The van der Waals surface area contributed by atoms with Gasteiger partial charge in [0, 0.05) is 6.20 Å². The van der Waals surface area contributed by atoms with E-state index in [9.17, 15) is 4.39 Å². The van der Waals surface area contributed by atoms with E-state index in [1.807, 2.05) is 6.07 Å². The largest absolute Gasteiger partial charge is 0.397 e. The number of halogens is 1. The second-order valence-electron chi connectivity index (χ2n) is 3.30. The highest BCUT2D eigenvalue weighted by atomic mass is 19.1. The summed E-state index contributed by atoms with van der Waals surface area (Å²) in [5.74, 6) is -0.323. The molecule has 0 spiro atoms. The molecule has 0 amide bonds. The van der Waals surface area contributed by atoms with Crippen molar-refractivity contribution in [1.29, 1.82) is 0 Å². The van der Waals surface area contributed by atoms with Gasteiger partial charge < -0.3 is 11.1 Å². The Morgan fingerprint density at radius 3 is 2.94 bits per heavy atom. The minimum Gasteiger partial charge on any atom is -0.397 e. The van der Waals surface area contributed by atoms with E-state index in [0.717, 1.165) is 5.69 Å². The number of rotatable bonds is 3. The lowest BCUT2D eigenvalue weighted by atomic mass is 10.2. The molecule has 0 atom stereocenters. The number of nitrogen functional groups attached to an aromatic ring is 1. The average Bonchev–Trinajstić information content (AvgIpc) is 2.32. The fourth-order valence-corrected chi connectivity index (χ4v) is 1.30. The van der Waals surface area contributed by atoms with Crippen LogP contribution < -0.4 is 11.1 Å². The summed E-state index contributed by atoms with van der Waals surface area (Å²) in [7, 11) is 0. The zero-order chi connectivity index (χ0) is 11.4. The lowest BCUT2D eigenvalue weighted by Gasteiger charge is -2.08. The van der Waals surface area contributed by atoms with Crippen LogP contribution in [0.4, 0.5) is 15.8 Å². The topological polar surface area (TPSA) is 63.8 Å². The summed E-state index contributed by atoms with van der Waals surface area (Å²) < 4.78 is 12.9. The molecule has 2 aromatic rings. The van der Waals surface area contributed by atoms with Crippen molar-refractivity contribution in [3.8, 4) is 0 Å². The number of nitrogens with two attached hydrogens (primary N) is 1. The maximum absolute atomic E-state index is 12.9. The van der Waals surface area contributed by atoms with Crippen LogP contribution in [0.25, 0.3) is 0 Å². The average molecular weight is 218 g/mol. The Balaban J connectivity index is 2.08. The predicted octanol–water partition coefficient (Wildman–Crippen LogP) is 1.81. The fourth-order valence-electron chi connectivity index (χ4n) is 1.30. The van der Waals surface area contributed by atoms with Crippen molar-refractivity contribution in [2.75, 3.05) is 11.1 Å². The molecule has 2 rings (SSSR count). The molecule has 0 aliphatic heterocycles. The number of hydrogen-bond donors (Lipinski definition) is 2. The van der Waals surface area contributed by atoms with Crippen LogP contribution in [0.1, 0.15) is 5.69 Å². The highest BCUT2D eigenvalue weighted by Crippen LogP contribution is 2.19. The van der Waals surface area contributed by atoms with Gasteiger partial charge in [-0.2, -0.15) is 10.2 Å². The van der Waals surface area contributed by atoms with E-state index < -0.39 is 0 Å². The molecule has 82 valence electrons. The number of nitrogens with zero attached hydrogens (tertiary/aromatic N) is 2. The standard InChI is InChI=1S/C11H11FN4/c12-8-3-4-10(13)11(6-8)14-7-9-2-1-5-15-16-9/h1-6,14H,7,13H2. The van der Waals surface area contributed by atoms with Crippen LogP contribution in [0.3, 0.4) is 0 Å². The molecular weight excluding hydrogens is 207 g/mol. The fraction of sp³-hybridized carbons (Fsp3) is 0.0909. The van der Waals surface area contributed by atoms with Gasteiger partial charge in [-0.3, -0.25) is 0 Å². The Kier molecular flexibility index (Phi) is 2.95. The molecule has 16 heavy (non-hydrogen) atoms. The van der Waals surface area contributed by atoms with Gasteiger partial charge in [0.25, 0.3) is 0 Å². The molecule has 1 aromatic heterocycles. The minimum absolute atomic E-state index is 0.323. The van der Waals surface area contributed by atoms with Crippen LogP contribution in [-0.2, 0) is 6.54 Å². The second-order valence-corrected chi connectivity index (χ2v) is 3.30. The molecule has 5 heteroatoms. The van der Waals surface area contributed by atoms with Crippen LogP contribution in [-0.4, -0.2) is 10.2 Å². The third-order valence-electron chi connectivity index (χ3n) is 2.10. The van der Waals surface area contributed by atoms with Crippen molar-refractivity contribution >= 4 is 11.4 Å². The number of hydrogen-bond acceptors (Lipinski definition) is 4. The molecule has 1 heterocycles. The molecule has 4 nitrogen and oxygen atoms in total. The second kappa shape index (κ2) is 4.57. The van der Waals surface area contributed by atoms with Crippen LogP contribution in [0.5, 0.6) is 0 Å². The molecule has 0 fully saturated rings. The summed E-state index contributed by atoms with van der Waals surface area (Å²) in [4.78, 5) is 0. The van der Waals surface area contributed by atoms with Crippen molar-refractivity contribution in [2.45, 2.75) is 6.54 Å². The minimum atomic E-state index is -0.323. The molecular formula is C11H11FN4. The molecule has 0 aliphatic rings. The van der Waals surface area contributed by atoms with Gasteiger partial charge in [-0.05, 0) is 30.3 Å². The predicted molar refractivity (Wildman–Crippen MR) is 60.2 cm³/mol. The third-order valence-corrected chi connectivity index (χ3v) is 2.10. The molecule has 0 aliphatic carbocycles. The summed E-state index contributed by atoms with van der Waals surface area (Å²) in [5.41, 5.74) is 7.52. The van der Waals surface area contributed by atoms with Gasteiger partial charge in [-0.25, -0.2) is 4.39 Å². The Morgan fingerprint density at radius 2 is 2.19 bits per heavy atom. The summed E-state index contributed by atoms with van der Waals surface area (Å²) in [6, 6.07) is 7.82. The number of anilines is 2. The van der Waals surface area contributed by atoms with Crippen molar-refractivity contribution in [1.82, 2.24) is 10.2 Å². The third kappa shape index (κ3) is 2.44. The van der Waals surface area contributed by atoms with Crippen molar-refractivity contribution in [2.24, 2.45) is 0 Å². The van der Waals surface area contributed by atoms with Crippen LogP contribution >= 0.6 is 0 Å². The van der Waals surface area contributed by atoms with Crippen molar-refractivity contribution < 1.29 is 4.39 Å². The van der Waals surface area contributed by atoms with E-state index in [0.29, 0.717) is 17.9 Å². The molecule has 0 saturated carbocycles. The Hall–Kier alpha value is -2.17. The highest BCUT2D eigenvalue weighted by molar-refractivity contribution is 5.65. The number of benzene rings is 1. The van der Waals surface area contributed by atoms with Gasteiger partial charge >= 0.3 is 0 Å². The Morgan fingerprint density at radius 1 is 1.31 bits per heavy atom. The summed E-state index contributed by atoms with van der Waals surface area (Å²) in [5, 5.41) is 10.6. The van der Waals surface area contributed by atoms with E-state index in [1.165, 1.54) is 18.2 Å². The van der Waals surface area contributed by atoms with Crippen molar-refractivity contribution in [3.05, 3.63) is 48.0 Å². The maximum Gasteiger partial charge on any atom is 0.125 e. The summed E-state index contributed by atoms with van der Waals surface area (Å²) >= 11 is 0. The Bertz CT molecular complexity index is 473. The zero-order valence-corrected chi connectivity index (χ0v) is 8.52. The summed E-state index contributed by atoms with van der Waals surface area (Å²) in [6.45, 7) is 0.460. The van der Waals surface area contributed by atoms with E-state index in [2.05, 4.69) is 15.5 Å². The first-order chi connectivity index (χ1) is 7.75. The molecule has 3 N–H and O–H groups in total. The lowest BCUT2D eigenvalue weighted by Crippen LogP contribution is -2.04. The van der Waals surface area contributed by atoms with Crippen molar-refractivity contribution in [3.63, 3.8) is 0 Å². The van der Waals surface area contributed by atoms with Gasteiger partial charge in [0.15, 0.2) is 0 Å². The van der Waals surface area contributed by atoms with Gasteiger partial charge in [0.05, 0.1) is 23.6 Å².